The second-order valence-electron chi connectivity index (χ2n) is 3.84. The van der Waals surface area contributed by atoms with E-state index in [2.05, 4.69) is 42.5 Å². The van der Waals surface area contributed by atoms with Crippen LogP contribution < -0.4 is 0 Å². The minimum absolute atomic E-state index is 0.345. The van der Waals surface area contributed by atoms with Gasteiger partial charge in [-0.2, -0.15) is 0 Å². The molecule has 0 fully saturated rings. The maximum absolute atomic E-state index is 2.38. The van der Waals surface area contributed by atoms with E-state index >= 15 is 0 Å². The molecular formula is C13H12Si. The van der Waals surface area contributed by atoms with Crippen molar-refractivity contribution in [2.24, 2.45) is 0 Å². The van der Waals surface area contributed by atoms with Gasteiger partial charge in [-0.05, 0) is 34.0 Å². The van der Waals surface area contributed by atoms with Crippen LogP contribution in [0.25, 0.3) is 16.5 Å². The number of allylic oxidation sites excluding steroid dienone is 1. The number of fused-ring (bicyclic) bond motifs is 2. The van der Waals surface area contributed by atoms with Gasteiger partial charge in [0.2, 0.25) is 0 Å². The Bertz CT molecular complexity index is 512. The lowest BCUT2D eigenvalue weighted by Gasteiger charge is -2.11. The lowest BCUT2D eigenvalue weighted by Crippen LogP contribution is -1.97. The Hall–Kier alpha value is -1.21. The van der Waals surface area contributed by atoms with Crippen molar-refractivity contribution < 1.29 is 0 Å². The third kappa shape index (κ3) is 1.25. The SMILES string of the molecule is C1=Cc2[siH]c3ccccc3cc2CC1. The van der Waals surface area contributed by atoms with Crippen molar-refractivity contribution in [1.29, 1.82) is 0 Å². The molecule has 1 heteroatoms. The monoisotopic (exact) mass is 196 g/mol. The lowest BCUT2D eigenvalue weighted by molar-refractivity contribution is 0.994. The molecule has 2 aromatic rings. The van der Waals surface area contributed by atoms with Crippen LogP contribution in [0, 0.1) is 0 Å². The highest BCUT2D eigenvalue weighted by Gasteiger charge is 2.04. The van der Waals surface area contributed by atoms with Crippen molar-refractivity contribution in [3.8, 4) is 0 Å². The number of benzene rings is 1. The van der Waals surface area contributed by atoms with Crippen LogP contribution in [0.3, 0.4) is 0 Å². The van der Waals surface area contributed by atoms with Crippen LogP contribution in [0.4, 0.5) is 0 Å². The van der Waals surface area contributed by atoms with E-state index in [4.69, 9.17) is 0 Å². The standard InChI is InChI=1S/C13H12Si/c1-3-7-12-10(5-1)9-11-6-2-4-8-13(11)14-12/h1,3-5,7-9,14H,2,6H2. The fourth-order valence-electron chi connectivity index (χ4n) is 2.13. The van der Waals surface area contributed by atoms with Gasteiger partial charge in [0.25, 0.3) is 0 Å². The molecule has 1 heterocycles. The molecule has 0 radical (unpaired) electrons. The Morgan fingerprint density at radius 1 is 1.14 bits per heavy atom. The zero-order valence-electron chi connectivity index (χ0n) is 8.03. The summed E-state index contributed by atoms with van der Waals surface area (Å²) in [6, 6.07) is 11.2. The van der Waals surface area contributed by atoms with Gasteiger partial charge in [0.1, 0.15) is 0 Å². The molecule has 3 rings (SSSR count). The van der Waals surface area contributed by atoms with Crippen LogP contribution in [0.15, 0.2) is 36.4 Å². The zero-order chi connectivity index (χ0) is 9.38. The van der Waals surface area contributed by atoms with E-state index < -0.39 is 0 Å². The highest BCUT2D eigenvalue weighted by atomic mass is 28.2. The molecule has 14 heavy (non-hydrogen) atoms. The van der Waals surface area contributed by atoms with Crippen LogP contribution in [0.2, 0.25) is 0 Å². The molecule has 0 unspecified atom stereocenters. The average Bonchev–Trinajstić information content (AvgIpc) is 2.26. The van der Waals surface area contributed by atoms with E-state index in [9.17, 15) is 0 Å². The molecule has 1 aliphatic rings. The molecule has 0 N–H and O–H groups in total. The second kappa shape index (κ2) is 3.17. The fraction of sp³-hybridized carbons (Fsp3) is 0.154. The zero-order valence-corrected chi connectivity index (χ0v) is 9.19. The summed E-state index contributed by atoms with van der Waals surface area (Å²) in [7, 11) is 0.345. The van der Waals surface area contributed by atoms with E-state index in [0.29, 0.717) is 9.12 Å². The molecule has 1 aromatic heterocycles. The van der Waals surface area contributed by atoms with E-state index in [-0.39, 0.29) is 0 Å². The highest BCUT2D eigenvalue weighted by molar-refractivity contribution is 6.51. The lowest BCUT2D eigenvalue weighted by atomic mass is 10.0. The number of hydrogen-bond acceptors (Lipinski definition) is 0. The second-order valence-corrected chi connectivity index (χ2v) is 5.37. The topological polar surface area (TPSA) is 0 Å². The summed E-state index contributed by atoms with van der Waals surface area (Å²) in [5.41, 5.74) is 1.58. The van der Waals surface area contributed by atoms with E-state index in [0.717, 1.165) is 0 Å². The number of hydrogen-bond donors (Lipinski definition) is 0. The minimum Gasteiger partial charge on any atom is -0.0840 e. The summed E-state index contributed by atoms with van der Waals surface area (Å²) in [5.74, 6) is 0. The molecule has 0 saturated heterocycles. The summed E-state index contributed by atoms with van der Waals surface area (Å²) in [6.07, 6.45) is 7.11. The molecular weight excluding hydrogens is 184 g/mol. The normalized spacial score (nSPS) is 14.3. The molecule has 0 spiro atoms. The first kappa shape index (κ1) is 8.12. The van der Waals surface area contributed by atoms with Gasteiger partial charge in [0.05, 0.1) is 0 Å². The third-order valence-electron chi connectivity index (χ3n) is 2.89. The van der Waals surface area contributed by atoms with E-state index in [1.165, 1.54) is 18.2 Å². The summed E-state index contributed by atoms with van der Waals surface area (Å²) in [4.78, 5) is 1.55. The molecule has 0 aliphatic heterocycles. The van der Waals surface area contributed by atoms with Gasteiger partial charge in [-0.1, -0.05) is 42.5 Å². The Morgan fingerprint density at radius 2 is 2.07 bits per heavy atom. The molecule has 0 atom stereocenters. The van der Waals surface area contributed by atoms with Crippen LogP contribution in [-0.2, 0) is 6.42 Å². The van der Waals surface area contributed by atoms with Gasteiger partial charge in [-0.3, -0.25) is 0 Å². The van der Waals surface area contributed by atoms with Gasteiger partial charge in [0, 0.05) is 9.12 Å². The Morgan fingerprint density at radius 3 is 3.07 bits per heavy atom. The maximum atomic E-state index is 2.38. The number of rotatable bonds is 0. The largest absolute Gasteiger partial charge is 0.0840 e. The predicted octanol–water partition coefficient (Wildman–Crippen LogP) is 2.87. The highest BCUT2D eigenvalue weighted by Crippen LogP contribution is 2.21. The molecule has 0 amide bonds. The molecule has 1 aliphatic carbocycles. The quantitative estimate of drug-likeness (QED) is 0.568. The van der Waals surface area contributed by atoms with Crippen molar-refractivity contribution in [2.75, 3.05) is 0 Å². The van der Waals surface area contributed by atoms with Crippen molar-refractivity contribution in [3.05, 3.63) is 47.1 Å². The van der Waals surface area contributed by atoms with Gasteiger partial charge in [-0.15, -0.1) is 0 Å². The van der Waals surface area contributed by atoms with Crippen molar-refractivity contribution in [1.82, 2.24) is 0 Å². The summed E-state index contributed by atoms with van der Waals surface area (Å²) < 4.78 is 0. The Kier molecular flexibility index (Phi) is 1.84. The van der Waals surface area contributed by atoms with Crippen molar-refractivity contribution in [3.63, 3.8) is 0 Å². The summed E-state index contributed by atoms with van der Waals surface area (Å²) >= 11 is 0. The van der Waals surface area contributed by atoms with Crippen LogP contribution in [0.5, 0.6) is 0 Å². The Balaban J connectivity index is 2.34. The fourth-order valence-corrected chi connectivity index (χ4v) is 3.66. The van der Waals surface area contributed by atoms with Crippen LogP contribution in [-0.4, -0.2) is 9.12 Å². The molecule has 0 nitrogen and oxygen atoms in total. The molecule has 0 bridgehead atoms. The predicted molar refractivity (Wildman–Crippen MR) is 64.0 cm³/mol. The van der Waals surface area contributed by atoms with Crippen LogP contribution in [0.1, 0.15) is 17.2 Å². The van der Waals surface area contributed by atoms with Gasteiger partial charge in [-0.25, -0.2) is 0 Å². The van der Waals surface area contributed by atoms with Crippen molar-refractivity contribution >= 4 is 25.6 Å². The molecule has 1 aromatic carbocycles. The third-order valence-corrected chi connectivity index (χ3v) is 4.60. The maximum Gasteiger partial charge on any atom is 0.0396 e. The average molecular weight is 196 g/mol. The smallest absolute Gasteiger partial charge is 0.0396 e. The minimum atomic E-state index is 0.345. The first-order valence-electron chi connectivity index (χ1n) is 5.12. The molecule has 68 valence electrons. The number of aryl methyl sites for hydroxylation is 1. The first-order chi connectivity index (χ1) is 6.93. The van der Waals surface area contributed by atoms with Gasteiger partial charge in [0.15, 0.2) is 0 Å². The van der Waals surface area contributed by atoms with E-state index in [1.807, 2.05) is 0 Å². The van der Waals surface area contributed by atoms with Crippen LogP contribution >= 0.6 is 0 Å². The first-order valence-corrected chi connectivity index (χ1v) is 6.27. The van der Waals surface area contributed by atoms with Gasteiger partial charge < -0.3 is 0 Å². The Labute approximate surface area is 86.0 Å². The van der Waals surface area contributed by atoms with E-state index in [1.54, 1.807) is 15.7 Å². The van der Waals surface area contributed by atoms with Gasteiger partial charge >= 0.3 is 0 Å². The van der Waals surface area contributed by atoms with Crippen molar-refractivity contribution in [2.45, 2.75) is 12.8 Å². The molecule has 0 saturated carbocycles. The summed E-state index contributed by atoms with van der Waals surface area (Å²) in [6.45, 7) is 0. The summed E-state index contributed by atoms with van der Waals surface area (Å²) in [5, 5.41) is 3.06.